The van der Waals surface area contributed by atoms with E-state index >= 15 is 0 Å². The molecule has 1 aliphatic carbocycles. The van der Waals surface area contributed by atoms with Crippen LogP contribution in [0.3, 0.4) is 0 Å². The fraction of sp³-hybridized carbons (Fsp3) is 0.412. The van der Waals surface area contributed by atoms with Crippen LogP contribution in [0.15, 0.2) is 77.3 Å². The number of carbonyl (C=O) groups is 2. The van der Waals surface area contributed by atoms with Gasteiger partial charge in [0.15, 0.2) is 6.61 Å². The second kappa shape index (κ2) is 14.0. The minimum absolute atomic E-state index is 0.0122. The van der Waals surface area contributed by atoms with Gasteiger partial charge in [-0.2, -0.15) is 0 Å². The number of methoxy groups -OCH3 is 1. The molecule has 3 aromatic carbocycles. The molecule has 218 valence electrons. The fourth-order valence-electron chi connectivity index (χ4n) is 5.20. The maximum Gasteiger partial charge on any atom is 0.261 e. The lowest BCUT2D eigenvalue weighted by Crippen LogP contribution is -2.53. The summed E-state index contributed by atoms with van der Waals surface area (Å²) in [6, 6.07) is 22.8. The molecule has 0 bridgehead atoms. The van der Waals surface area contributed by atoms with Crippen molar-refractivity contribution >= 4 is 27.7 Å². The smallest absolute Gasteiger partial charge is 0.261 e. The average molecular weight is 622 g/mol. The third-order valence-corrected chi connectivity index (χ3v) is 8.23. The number of amides is 2. The molecule has 2 amide bonds. The number of carbonyl (C=O) groups excluding carboxylic acids is 2. The number of rotatable bonds is 11. The van der Waals surface area contributed by atoms with Gasteiger partial charge in [0.25, 0.3) is 5.91 Å². The Labute approximate surface area is 252 Å². The molecular weight excluding hydrogens is 580 g/mol. The molecule has 0 aromatic heterocycles. The van der Waals surface area contributed by atoms with E-state index in [0.717, 1.165) is 46.8 Å². The van der Waals surface area contributed by atoms with Gasteiger partial charge in [-0.3, -0.25) is 9.59 Å². The van der Waals surface area contributed by atoms with Crippen molar-refractivity contribution in [3.05, 3.63) is 94.0 Å². The van der Waals surface area contributed by atoms with Crippen molar-refractivity contribution in [1.82, 2.24) is 10.2 Å². The van der Waals surface area contributed by atoms with Crippen molar-refractivity contribution in [2.45, 2.75) is 76.9 Å². The largest absolute Gasteiger partial charge is 0.497 e. The van der Waals surface area contributed by atoms with Crippen LogP contribution < -0.4 is 14.8 Å². The lowest BCUT2D eigenvalue weighted by molar-refractivity contribution is -0.143. The second-order valence-electron chi connectivity index (χ2n) is 11.8. The zero-order valence-electron chi connectivity index (χ0n) is 24.5. The number of benzene rings is 3. The zero-order chi connectivity index (χ0) is 29.4. The number of halogens is 1. The number of hydrogen-bond donors (Lipinski definition) is 1. The first-order valence-electron chi connectivity index (χ1n) is 14.3. The Morgan fingerprint density at radius 1 is 0.976 bits per heavy atom. The molecule has 4 rings (SSSR count). The fourth-order valence-corrected chi connectivity index (χ4v) is 5.69. The second-order valence-corrected chi connectivity index (χ2v) is 12.6. The van der Waals surface area contributed by atoms with Gasteiger partial charge in [0, 0.05) is 19.0 Å². The van der Waals surface area contributed by atoms with E-state index in [0.29, 0.717) is 17.9 Å². The minimum atomic E-state index is -0.702. The van der Waals surface area contributed by atoms with Crippen molar-refractivity contribution in [3.8, 4) is 11.5 Å². The maximum atomic E-state index is 14.0. The Balaban J connectivity index is 1.62. The minimum Gasteiger partial charge on any atom is -0.497 e. The number of hydrogen-bond acceptors (Lipinski definition) is 4. The molecule has 1 atom stereocenters. The third-order valence-electron chi connectivity index (χ3n) is 7.61. The topological polar surface area (TPSA) is 67.9 Å². The molecule has 0 saturated heterocycles. The van der Waals surface area contributed by atoms with E-state index < -0.39 is 6.04 Å². The van der Waals surface area contributed by atoms with Crippen LogP contribution in [-0.2, 0) is 28.0 Å². The predicted molar refractivity (Wildman–Crippen MR) is 166 cm³/mol. The van der Waals surface area contributed by atoms with Crippen molar-refractivity contribution in [1.29, 1.82) is 0 Å². The number of nitrogens with one attached hydrogen (secondary N) is 1. The van der Waals surface area contributed by atoms with Gasteiger partial charge in [-0.05, 0) is 75.1 Å². The molecule has 0 heterocycles. The van der Waals surface area contributed by atoms with Gasteiger partial charge >= 0.3 is 0 Å². The first kappa shape index (κ1) is 30.6. The summed E-state index contributed by atoms with van der Waals surface area (Å²) < 4.78 is 12.3. The molecular formula is C34H41BrN2O4. The summed E-state index contributed by atoms with van der Waals surface area (Å²) in [6.45, 7) is 6.51. The van der Waals surface area contributed by atoms with E-state index in [9.17, 15) is 9.59 Å². The van der Waals surface area contributed by atoms with Crippen molar-refractivity contribution < 1.29 is 19.1 Å². The van der Waals surface area contributed by atoms with Crippen molar-refractivity contribution in [2.75, 3.05) is 13.7 Å². The highest BCUT2D eigenvalue weighted by Crippen LogP contribution is 2.31. The third kappa shape index (κ3) is 8.59. The van der Waals surface area contributed by atoms with Gasteiger partial charge in [-0.1, -0.05) is 82.1 Å². The SMILES string of the molecule is COc1cccc(CN(C(=O)COc2ccc(C(C)(C)C)cc2Br)[C@@H](Cc2ccccc2)C(=O)NC2CCCC2)c1. The molecule has 3 aromatic rings. The van der Waals surface area contributed by atoms with E-state index in [2.05, 4.69) is 42.0 Å². The van der Waals surface area contributed by atoms with Crippen LogP contribution in [0.25, 0.3) is 0 Å². The molecule has 1 N–H and O–H groups in total. The Hall–Kier alpha value is -3.32. The summed E-state index contributed by atoms with van der Waals surface area (Å²) in [7, 11) is 1.62. The number of nitrogens with zero attached hydrogens (tertiary/aromatic N) is 1. The molecule has 0 unspecified atom stereocenters. The molecule has 0 spiro atoms. The van der Waals surface area contributed by atoms with Crippen molar-refractivity contribution in [3.63, 3.8) is 0 Å². The van der Waals surface area contributed by atoms with E-state index in [1.54, 1.807) is 12.0 Å². The van der Waals surface area contributed by atoms with E-state index in [1.807, 2.05) is 72.8 Å². The first-order chi connectivity index (χ1) is 19.6. The van der Waals surface area contributed by atoms with Crippen LogP contribution >= 0.6 is 15.9 Å². The Morgan fingerprint density at radius 3 is 2.34 bits per heavy atom. The first-order valence-corrected chi connectivity index (χ1v) is 15.1. The lowest BCUT2D eigenvalue weighted by Gasteiger charge is -2.32. The summed E-state index contributed by atoms with van der Waals surface area (Å²) in [5, 5.41) is 3.24. The highest BCUT2D eigenvalue weighted by atomic mass is 79.9. The summed E-state index contributed by atoms with van der Waals surface area (Å²) in [6.07, 6.45) is 4.55. The average Bonchev–Trinajstić information content (AvgIpc) is 3.47. The Bertz CT molecular complexity index is 1320. The Morgan fingerprint density at radius 2 is 1.68 bits per heavy atom. The summed E-state index contributed by atoms with van der Waals surface area (Å²) >= 11 is 3.61. The summed E-state index contributed by atoms with van der Waals surface area (Å²) in [5.74, 6) is 0.890. The van der Waals surface area contributed by atoms with Crippen LogP contribution in [0.2, 0.25) is 0 Å². The number of ether oxygens (including phenoxy) is 2. The highest BCUT2D eigenvalue weighted by Gasteiger charge is 2.32. The molecule has 6 nitrogen and oxygen atoms in total. The van der Waals surface area contributed by atoms with Crippen LogP contribution in [0.5, 0.6) is 11.5 Å². The van der Waals surface area contributed by atoms with Gasteiger partial charge in [0.05, 0.1) is 11.6 Å². The molecule has 1 saturated carbocycles. The predicted octanol–water partition coefficient (Wildman–Crippen LogP) is 6.83. The standard InChI is InChI=1S/C34H41BrN2O4/c1-34(2,3)26-17-18-31(29(35)21-26)41-23-32(38)37(22-25-13-10-16-28(19-25)40-4)30(20-24-11-6-5-7-12-24)33(39)36-27-14-8-9-15-27/h5-7,10-13,16-19,21,27,30H,8-9,14-15,20,22-23H2,1-4H3,(H,36,39)/t30-/m0/s1. The summed E-state index contributed by atoms with van der Waals surface area (Å²) in [5.41, 5.74) is 3.01. The van der Waals surface area contributed by atoms with Crippen LogP contribution in [0.1, 0.15) is 63.1 Å². The van der Waals surface area contributed by atoms with Gasteiger partial charge < -0.3 is 19.7 Å². The molecule has 0 aliphatic heterocycles. The van der Waals surface area contributed by atoms with Crippen LogP contribution in [0.4, 0.5) is 0 Å². The summed E-state index contributed by atoms with van der Waals surface area (Å²) in [4.78, 5) is 29.5. The highest BCUT2D eigenvalue weighted by molar-refractivity contribution is 9.10. The normalized spacial score (nSPS) is 14.4. The van der Waals surface area contributed by atoms with Gasteiger partial charge in [0.2, 0.25) is 5.91 Å². The van der Waals surface area contributed by atoms with Gasteiger partial charge in [0.1, 0.15) is 17.5 Å². The zero-order valence-corrected chi connectivity index (χ0v) is 26.1. The van der Waals surface area contributed by atoms with Gasteiger partial charge in [-0.25, -0.2) is 0 Å². The van der Waals surface area contributed by atoms with Gasteiger partial charge in [-0.15, -0.1) is 0 Å². The molecule has 41 heavy (non-hydrogen) atoms. The molecule has 1 aliphatic rings. The Kier molecular flexibility index (Phi) is 10.5. The van der Waals surface area contributed by atoms with Crippen LogP contribution in [-0.4, -0.2) is 42.5 Å². The molecule has 1 fully saturated rings. The van der Waals surface area contributed by atoms with Crippen LogP contribution in [0, 0.1) is 0 Å². The van der Waals surface area contributed by atoms with Crippen molar-refractivity contribution in [2.24, 2.45) is 0 Å². The van der Waals surface area contributed by atoms with E-state index in [4.69, 9.17) is 9.47 Å². The molecule has 0 radical (unpaired) electrons. The van der Waals surface area contributed by atoms with E-state index in [-0.39, 0.29) is 36.4 Å². The monoisotopic (exact) mass is 620 g/mol. The quantitative estimate of drug-likeness (QED) is 0.255. The maximum absolute atomic E-state index is 14.0. The van der Waals surface area contributed by atoms with E-state index in [1.165, 1.54) is 0 Å². The molecule has 7 heteroatoms. The lowest BCUT2D eigenvalue weighted by atomic mass is 9.87.